The standard InChI is InChI=1S/C46H71N5O7.C26H30N4O6.C4H10N2O.C3H6O/c1-11-37(28-31(2)3)43(57)50-46(10,35(8)54)27-23-18-16-14-12-13-15-17-22-26-45(9,34(7)53)49-38(29-32(4)5)41(55)42(56)40(33(6)52)48-44(58)39(51-47)30-36-24-20-19-21-25-36;1-15(31)22(13-17-14-28-20-5-3-2-4-19(17)20)29-21(10-11-24(33)34)25(35)26(36)23(30-27)12-16-6-8-18(32)9-7-16;1-3(6-2)4(5)7;1-3(2)4/h19-21,24-25,31-33,37-40,49,51-52H,11,15,17-18,22-23,26-30,47H2,1-10H3,(H,48,58)(H,50,57);2-9,14,21-23,28-30,32H,10-13,27H2,1H3,(H,33,34);3,6H,1-2H3,(H2,5,7);1-2H3/t33-,37+,38+,39+,40+,45-,46+;21-,22-,23-;3-;/m101./s1. The van der Waals surface area contributed by atoms with Crippen LogP contribution in [0.15, 0.2) is 85.1 Å². The number of phenols is 1. The number of carboxylic acid groups (broad SMARTS) is 1. The number of likely N-dealkylation sites (N-methyl/N-ethyl adjacent to an activating group) is 1. The first-order valence-corrected chi connectivity index (χ1v) is 35.7. The Hall–Kier alpha value is -8.96. The van der Waals surface area contributed by atoms with Crippen LogP contribution < -0.4 is 54.9 Å². The van der Waals surface area contributed by atoms with E-state index in [0.29, 0.717) is 56.4 Å². The van der Waals surface area contributed by atoms with Gasteiger partial charge in [-0.15, -0.1) is 0 Å². The van der Waals surface area contributed by atoms with Crippen molar-refractivity contribution in [1.29, 1.82) is 0 Å². The number of aromatic amines is 1. The van der Waals surface area contributed by atoms with E-state index in [-0.39, 0.29) is 97.1 Å². The molecular formula is C79H117N11O15. The normalized spacial score (nSPS) is 14.6. The summed E-state index contributed by atoms with van der Waals surface area (Å²) >= 11 is 0. The summed E-state index contributed by atoms with van der Waals surface area (Å²) in [6, 6.07) is 16.1. The van der Waals surface area contributed by atoms with Crippen LogP contribution >= 0.6 is 0 Å². The minimum absolute atomic E-state index is 0.0224. The number of aliphatic carboxylic acids is 1. The van der Waals surface area contributed by atoms with Crippen LogP contribution in [0.25, 0.3) is 10.9 Å². The molecule has 0 aliphatic carbocycles. The number of hydrazine groups is 2. The van der Waals surface area contributed by atoms with Gasteiger partial charge in [0.15, 0.2) is 5.78 Å². The van der Waals surface area contributed by atoms with Gasteiger partial charge in [-0.1, -0.05) is 114 Å². The molecule has 0 aliphatic rings. The van der Waals surface area contributed by atoms with Gasteiger partial charge in [0.2, 0.25) is 40.9 Å². The van der Waals surface area contributed by atoms with Crippen LogP contribution in [0.2, 0.25) is 0 Å². The number of primary amides is 1. The van der Waals surface area contributed by atoms with E-state index in [4.69, 9.17) is 17.4 Å². The number of nitrogens with one attached hydrogen (secondary N) is 8. The third kappa shape index (κ3) is 35.6. The second-order valence-corrected chi connectivity index (χ2v) is 27.9. The molecule has 1 heterocycles. The SMILES string of the molecule is CC(=O)[C@H](Cc1c[nH]c2ccccc12)N[C@@H](CCC(=O)O)C(=O)C(=O)[C@H](Cc1ccc(O)cc1)NN.CC(C)=O.CC[C@@H](CC(C)C)C(=O)N[C@@](C)(CCCC#CC#CCCCC[C@@](C)(N[C@@H](CC(C)C)C(=O)C(=O)[C@@H](NC(=O)[C@H](Cc1ccccc1)NN)[C@@H](C)O)C(C)=O)C(C)=O.CN[C@H](C)C(N)=O. The van der Waals surface area contributed by atoms with Crippen molar-refractivity contribution in [3.8, 4) is 29.4 Å². The maximum absolute atomic E-state index is 13.8. The lowest BCUT2D eigenvalue weighted by atomic mass is 9.86. The number of aromatic nitrogens is 1. The molecule has 26 heteroatoms. The van der Waals surface area contributed by atoms with Crippen LogP contribution in [-0.4, -0.2) is 157 Å². The van der Waals surface area contributed by atoms with Gasteiger partial charge < -0.3 is 46.8 Å². The summed E-state index contributed by atoms with van der Waals surface area (Å²) in [7, 11) is 1.69. The van der Waals surface area contributed by atoms with E-state index in [9.17, 15) is 72.9 Å². The van der Waals surface area contributed by atoms with Crippen LogP contribution in [0.1, 0.15) is 191 Å². The number of fused-ring (bicyclic) bond motifs is 1. The molecule has 4 rings (SSSR count). The molecule has 0 fully saturated rings. The Bertz CT molecular complexity index is 3610. The van der Waals surface area contributed by atoms with Crippen molar-refractivity contribution in [3.63, 3.8) is 0 Å². The number of H-pyrrole nitrogens is 1. The van der Waals surface area contributed by atoms with Crippen molar-refractivity contribution in [2.45, 2.75) is 253 Å². The first-order chi connectivity index (χ1) is 49.3. The van der Waals surface area contributed by atoms with Gasteiger partial charge in [0.1, 0.15) is 35.2 Å². The Morgan fingerprint density at radius 2 is 1.11 bits per heavy atom. The number of aliphatic hydroxyl groups is 1. The number of benzene rings is 3. The van der Waals surface area contributed by atoms with Crippen molar-refractivity contribution >= 4 is 80.9 Å². The number of nitrogens with two attached hydrogens (primary N) is 3. The lowest BCUT2D eigenvalue weighted by Gasteiger charge is -2.34. The van der Waals surface area contributed by atoms with Gasteiger partial charge in [0.25, 0.3) is 0 Å². The van der Waals surface area contributed by atoms with Crippen LogP contribution in [0, 0.1) is 41.4 Å². The summed E-state index contributed by atoms with van der Waals surface area (Å²) in [6.45, 7) is 23.8. The molecule has 0 aliphatic heterocycles. The second-order valence-electron chi connectivity index (χ2n) is 27.9. The Kier molecular flexibility index (Phi) is 43.8. The number of para-hydroxylation sites is 1. The zero-order valence-corrected chi connectivity index (χ0v) is 64.0. The number of hydrogen-bond acceptors (Lipinski definition) is 21. The predicted molar refractivity (Wildman–Crippen MR) is 406 cm³/mol. The van der Waals surface area contributed by atoms with Gasteiger partial charge in [-0.25, -0.2) is 10.9 Å². The van der Waals surface area contributed by atoms with Crippen molar-refractivity contribution in [1.82, 2.24) is 42.4 Å². The molecule has 3 aromatic carbocycles. The number of unbranched alkanes of at least 4 members (excludes halogenated alkanes) is 3. The number of carbonyl (C=O) groups excluding carboxylic acids is 11. The van der Waals surface area contributed by atoms with E-state index < -0.39 is 88.4 Å². The molecule has 3 amide bonds. The van der Waals surface area contributed by atoms with E-state index in [1.54, 1.807) is 46.1 Å². The van der Waals surface area contributed by atoms with Gasteiger partial charge in [0.05, 0.1) is 47.4 Å². The second kappa shape index (κ2) is 48.9. The minimum Gasteiger partial charge on any atom is -0.508 e. The maximum atomic E-state index is 13.8. The van der Waals surface area contributed by atoms with Gasteiger partial charge in [0, 0.05) is 42.3 Å². The summed E-state index contributed by atoms with van der Waals surface area (Å²) in [5, 5.41) is 44.4. The molecule has 26 nitrogen and oxygen atoms in total. The van der Waals surface area contributed by atoms with Crippen LogP contribution in [-0.2, 0) is 76.8 Å². The van der Waals surface area contributed by atoms with Crippen molar-refractivity contribution < 1.29 is 72.9 Å². The number of rotatable bonds is 43. The molecule has 11 atom stereocenters. The minimum atomic E-state index is -1.52. The Balaban J connectivity index is 0.000000985. The highest BCUT2D eigenvalue weighted by Gasteiger charge is 2.41. The Morgan fingerprint density at radius 1 is 0.600 bits per heavy atom. The van der Waals surface area contributed by atoms with E-state index in [1.165, 1.54) is 53.7 Å². The van der Waals surface area contributed by atoms with E-state index in [1.807, 2.05) is 75.4 Å². The number of hydrogen-bond donors (Lipinski definition) is 14. The highest BCUT2D eigenvalue weighted by Crippen LogP contribution is 2.24. The van der Waals surface area contributed by atoms with Crippen LogP contribution in [0.5, 0.6) is 5.75 Å². The summed E-state index contributed by atoms with van der Waals surface area (Å²) < 4.78 is 0. The zero-order chi connectivity index (χ0) is 79.7. The van der Waals surface area contributed by atoms with Gasteiger partial charge in [-0.2, -0.15) is 0 Å². The molecule has 105 heavy (non-hydrogen) atoms. The first kappa shape index (κ1) is 94.1. The third-order valence-corrected chi connectivity index (χ3v) is 17.6. The molecule has 0 radical (unpaired) electrons. The number of phenolic OH excluding ortho intramolecular Hbond substituents is 1. The highest BCUT2D eigenvalue weighted by atomic mass is 16.4. The van der Waals surface area contributed by atoms with Gasteiger partial charge >= 0.3 is 5.97 Å². The lowest BCUT2D eigenvalue weighted by molar-refractivity contribution is -0.142. The molecular weight excluding hydrogens is 1340 g/mol. The predicted octanol–water partition coefficient (Wildman–Crippen LogP) is 5.77. The number of aromatic hydroxyl groups is 1. The Labute approximate surface area is 619 Å². The number of amides is 3. The van der Waals surface area contributed by atoms with Crippen molar-refractivity contribution in [3.05, 3.63) is 102 Å². The van der Waals surface area contributed by atoms with E-state index in [2.05, 4.69) is 79.9 Å². The third-order valence-electron chi connectivity index (χ3n) is 17.6. The van der Waals surface area contributed by atoms with Crippen LogP contribution in [0.3, 0.4) is 0 Å². The molecule has 0 bridgehead atoms. The van der Waals surface area contributed by atoms with Crippen molar-refractivity contribution in [2.24, 2.45) is 35.2 Å². The molecule has 1 aromatic heterocycles. The number of aliphatic hydroxyl groups excluding tert-OH is 1. The fourth-order valence-electron chi connectivity index (χ4n) is 10.9. The van der Waals surface area contributed by atoms with Gasteiger partial charge in [-0.05, 0) is 199 Å². The van der Waals surface area contributed by atoms with E-state index in [0.717, 1.165) is 34.9 Å². The molecule has 17 N–H and O–H groups in total. The molecule has 578 valence electrons. The number of carboxylic acids is 1. The Morgan fingerprint density at radius 3 is 1.61 bits per heavy atom. The molecule has 0 saturated carbocycles. The fourth-order valence-corrected chi connectivity index (χ4v) is 10.9. The average molecular weight is 1460 g/mol. The largest absolute Gasteiger partial charge is 0.508 e. The highest BCUT2D eigenvalue weighted by molar-refractivity contribution is 6.42. The first-order valence-electron chi connectivity index (χ1n) is 35.7. The summed E-state index contributed by atoms with van der Waals surface area (Å²) in [6.07, 6.45) is 5.99. The maximum Gasteiger partial charge on any atom is 0.303 e. The fraction of sp³-hybridized carbons (Fsp3) is 0.544. The quantitative estimate of drug-likeness (QED) is 0.00821. The average Bonchev–Trinajstić information content (AvgIpc) is 1.81. The molecule has 0 saturated heterocycles. The lowest BCUT2D eigenvalue weighted by Crippen LogP contribution is -2.61. The van der Waals surface area contributed by atoms with Crippen molar-refractivity contribution in [2.75, 3.05) is 7.05 Å². The summed E-state index contributed by atoms with van der Waals surface area (Å²) in [5.74, 6) is 17.3. The van der Waals surface area contributed by atoms with Gasteiger partial charge in [-0.3, -0.25) is 75.1 Å². The molecule has 0 unspecified atom stereocenters. The summed E-state index contributed by atoms with van der Waals surface area (Å²) in [5.41, 5.74) is 10.8. The molecule has 4 aromatic rings. The zero-order valence-electron chi connectivity index (χ0n) is 64.0. The smallest absolute Gasteiger partial charge is 0.303 e. The number of Topliss-reactive ketones (excluding diaryl/α,β-unsaturated/α-hetero) is 8. The van der Waals surface area contributed by atoms with E-state index >= 15 is 0 Å². The van der Waals surface area contributed by atoms with Crippen LogP contribution in [0.4, 0.5) is 0 Å². The summed E-state index contributed by atoms with van der Waals surface area (Å²) in [4.78, 5) is 152. The molecule has 0 spiro atoms. The monoisotopic (exact) mass is 1460 g/mol. The number of carbonyl (C=O) groups is 12. The topological polar surface area (TPSA) is 444 Å². The number of ketones is 8.